The Morgan fingerprint density at radius 3 is 2.57 bits per heavy atom. The van der Waals surface area contributed by atoms with Gasteiger partial charge >= 0.3 is 0 Å². The normalized spacial score (nSPS) is 10.2. The molecule has 0 atom stereocenters. The molecule has 2 rings (SSSR count). The molecule has 0 saturated carbocycles. The van der Waals surface area contributed by atoms with E-state index < -0.39 is 0 Å². The van der Waals surface area contributed by atoms with E-state index in [0.29, 0.717) is 19.4 Å². The number of hydrogen-bond acceptors (Lipinski definition) is 4. The Morgan fingerprint density at radius 2 is 1.87 bits per heavy atom. The van der Waals surface area contributed by atoms with Gasteiger partial charge in [-0.15, -0.1) is 0 Å². The van der Waals surface area contributed by atoms with Crippen molar-refractivity contribution in [3.8, 4) is 11.5 Å². The molecule has 0 spiro atoms. The van der Waals surface area contributed by atoms with Crippen molar-refractivity contribution in [2.75, 3.05) is 20.0 Å². The molecule has 0 heterocycles. The molecule has 3 N–H and O–H groups in total. The molecule has 1 amide bonds. The fourth-order valence-corrected chi connectivity index (χ4v) is 2.31. The molecule has 5 nitrogen and oxygen atoms in total. The van der Waals surface area contributed by atoms with Gasteiger partial charge in [0.1, 0.15) is 11.5 Å². The summed E-state index contributed by atoms with van der Waals surface area (Å²) in [5.74, 6) is 1.42. The standard InChI is InChI=1S/C18H22N2O3/c1-22-15-8-9-17(23-2)14(11-15)12-20-18(21)10-7-13-5-3-4-6-16(13)19/h3-6,8-9,11H,7,10,12,19H2,1-2H3,(H,20,21). The van der Waals surface area contributed by atoms with Crippen LogP contribution in [0.4, 0.5) is 5.69 Å². The monoisotopic (exact) mass is 314 g/mol. The molecule has 0 aliphatic carbocycles. The van der Waals surface area contributed by atoms with Crippen LogP contribution in [-0.4, -0.2) is 20.1 Å². The smallest absolute Gasteiger partial charge is 0.220 e. The molecular formula is C18H22N2O3. The Kier molecular flexibility index (Phi) is 5.86. The number of carbonyl (C=O) groups is 1. The van der Waals surface area contributed by atoms with Crippen LogP contribution >= 0.6 is 0 Å². The molecule has 5 heteroatoms. The van der Waals surface area contributed by atoms with Gasteiger partial charge in [0.2, 0.25) is 5.91 Å². The quantitative estimate of drug-likeness (QED) is 0.770. The van der Waals surface area contributed by atoms with Crippen molar-refractivity contribution in [3.05, 3.63) is 53.6 Å². The number of amides is 1. The number of para-hydroxylation sites is 1. The largest absolute Gasteiger partial charge is 0.497 e. The summed E-state index contributed by atoms with van der Waals surface area (Å²) in [5.41, 5.74) is 8.46. The van der Waals surface area contributed by atoms with Gasteiger partial charge in [-0.3, -0.25) is 4.79 Å². The predicted octanol–water partition coefficient (Wildman–Crippen LogP) is 2.54. The average Bonchev–Trinajstić information content (AvgIpc) is 2.58. The van der Waals surface area contributed by atoms with Crippen molar-refractivity contribution in [2.45, 2.75) is 19.4 Å². The van der Waals surface area contributed by atoms with E-state index in [4.69, 9.17) is 15.2 Å². The van der Waals surface area contributed by atoms with E-state index in [1.807, 2.05) is 42.5 Å². The van der Waals surface area contributed by atoms with E-state index in [2.05, 4.69) is 5.32 Å². The number of rotatable bonds is 7. The van der Waals surface area contributed by atoms with Crippen molar-refractivity contribution in [1.82, 2.24) is 5.32 Å². The van der Waals surface area contributed by atoms with Crippen molar-refractivity contribution in [1.29, 1.82) is 0 Å². The summed E-state index contributed by atoms with van der Waals surface area (Å²) in [4.78, 5) is 12.0. The lowest BCUT2D eigenvalue weighted by Gasteiger charge is -2.11. The van der Waals surface area contributed by atoms with E-state index in [1.54, 1.807) is 14.2 Å². The highest BCUT2D eigenvalue weighted by atomic mass is 16.5. The Balaban J connectivity index is 1.90. The summed E-state index contributed by atoms with van der Waals surface area (Å²) in [6.07, 6.45) is 1.01. The van der Waals surface area contributed by atoms with E-state index in [9.17, 15) is 4.79 Å². The minimum absolute atomic E-state index is 0.0295. The van der Waals surface area contributed by atoms with Gasteiger partial charge in [0.05, 0.1) is 14.2 Å². The molecule has 0 aliphatic rings. The molecule has 0 aromatic heterocycles. The summed E-state index contributed by atoms with van der Waals surface area (Å²) in [7, 11) is 3.21. The first-order valence-corrected chi connectivity index (χ1v) is 7.45. The Bertz CT molecular complexity index is 671. The summed E-state index contributed by atoms with van der Waals surface area (Å²) >= 11 is 0. The highest BCUT2D eigenvalue weighted by Gasteiger charge is 2.08. The number of aryl methyl sites for hydroxylation is 1. The van der Waals surface area contributed by atoms with E-state index in [0.717, 1.165) is 28.3 Å². The molecule has 0 fully saturated rings. The lowest BCUT2D eigenvalue weighted by molar-refractivity contribution is -0.121. The zero-order chi connectivity index (χ0) is 16.7. The number of methoxy groups -OCH3 is 2. The molecule has 0 radical (unpaired) electrons. The molecule has 0 aliphatic heterocycles. The van der Waals surface area contributed by atoms with Gasteiger partial charge in [-0.2, -0.15) is 0 Å². The second kappa shape index (κ2) is 8.08. The lowest BCUT2D eigenvalue weighted by Crippen LogP contribution is -2.23. The SMILES string of the molecule is COc1ccc(OC)c(CNC(=O)CCc2ccccc2N)c1. The number of hydrogen-bond donors (Lipinski definition) is 2. The van der Waals surface area contributed by atoms with Crippen molar-refractivity contribution in [3.63, 3.8) is 0 Å². The van der Waals surface area contributed by atoms with E-state index in [1.165, 1.54) is 0 Å². The molecular weight excluding hydrogens is 292 g/mol. The van der Waals surface area contributed by atoms with Crippen LogP contribution in [0.3, 0.4) is 0 Å². The zero-order valence-corrected chi connectivity index (χ0v) is 13.5. The summed E-state index contributed by atoms with van der Waals surface area (Å²) < 4.78 is 10.5. The Morgan fingerprint density at radius 1 is 1.09 bits per heavy atom. The third-order valence-corrected chi connectivity index (χ3v) is 3.64. The number of benzene rings is 2. The van der Waals surface area contributed by atoms with Gasteiger partial charge in [-0.25, -0.2) is 0 Å². The van der Waals surface area contributed by atoms with Crippen LogP contribution in [-0.2, 0) is 17.8 Å². The van der Waals surface area contributed by atoms with Gasteiger partial charge in [0.15, 0.2) is 0 Å². The van der Waals surface area contributed by atoms with Crippen molar-refractivity contribution >= 4 is 11.6 Å². The molecule has 23 heavy (non-hydrogen) atoms. The van der Waals surface area contributed by atoms with Gasteiger partial charge < -0.3 is 20.5 Å². The van der Waals surface area contributed by atoms with Crippen molar-refractivity contribution < 1.29 is 14.3 Å². The number of anilines is 1. The fourth-order valence-electron chi connectivity index (χ4n) is 2.31. The maximum atomic E-state index is 12.0. The average molecular weight is 314 g/mol. The Labute approximate surface area is 136 Å². The van der Waals surface area contributed by atoms with Gasteiger partial charge in [-0.1, -0.05) is 18.2 Å². The highest BCUT2D eigenvalue weighted by Crippen LogP contribution is 2.23. The van der Waals surface area contributed by atoms with Crippen LogP contribution < -0.4 is 20.5 Å². The summed E-state index contributed by atoms with van der Waals surface area (Å²) in [5, 5.41) is 2.90. The third-order valence-electron chi connectivity index (χ3n) is 3.64. The number of nitrogens with two attached hydrogens (primary N) is 1. The molecule has 0 bridgehead atoms. The summed E-state index contributed by atoms with van der Waals surface area (Å²) in [6.45, 7) is 0.392. The topological polar surface area (TPSA) is 73.6 Å². The van der Waals surface area contributed by atoms with Crippen LogP contribution in [0, 0.1) is 0 Å². The van der Waals surface area contributed by atoms with Gasteiger partial charge in [0, 0.05) is 24.2 Å². The second-order valence-corrected chi connectivity index (χ2v) is 5.15. The number of nitrogen functional groups attached to an aromatic ring is 1. The van der Waals surface area contributed by atoms with Crippen LogP contribution in [0.1, 0.15) is 17.5 Å². The van der Waals surface area contributed by atoms with Gasteiger partial charge in [-0.05, 0) is 36.2 Å². The molecule has 0 unspecified atom stereocenters. The van der Waals surface area contributed by atoms with E-state index >= 15 is 0 Å². The van der Waals surface area contributed by atoms with E-state index in [-0.39, 0.29) is 5.91 Å². The molecule has 122 valence electrons. The number of nitrogens with one attached hydrogen (secondary N) is 1. The molecule has 2 aromatic carbocycles. The first kappa shape index (κ1) is 16.7. The van der Waals surface area contributed by atoms with Crippen molar-refractivity contribution in [2.24, 2.45) is 0 Å². The number of carbonyl (C=O) groups excluding carboxylic acids is 1. The maximum absolute atomic E-state index is 12.0. The van der Waals surface area contributed by atoms with Gasteiger partial charge in [0.25, 0.3) is 0 Å². The van der Waals surface area contributed by atoms with Crippen LogP contribution in [0.25, 0.3) is 0 Å². The minimum Gasteiger partial charge on any atom is -0.497 e. The first-order chi connectivity index (χ1) is 11.1. The predicted molar refractivity (Wildman–Crippen MR) is 90.6 cm³/mol. The maximum Gasteiger partial charge on any atom is 0.220 e. The van der Waals surface area contributed by atoms with Crippen LogP contribution in [0.2, 0.25) is 0 Å². The van der Waals surface area contributed by atoms with Crippen LogP contribution in [0.5, 0.6) is 11.5 Å². The third kappa shape index (κ3) is 4.64. The highest BCUT2D eigenvalue weighted by molar-refractivity contribution is 5.76. The second-order valence-electron chi connectivity index (χ2n) is 5.15. The minimum atomic E-state index is -0.0295. The zero-order valence-electron chi connectivity index (χ0n) is 13.5. The summed E-state index contributed by atoms with van der Waals surface area (Å²) in [6, 6.07) is 13.1. The van der Waals surface area contributed by atoms with Crippen LogP contribution in [0.15, 0.2) is 42.5 Å². The number of ether oxygens (including phenoxy) is 2. The molecule has 2 aromatic rings. The Hall–Kier alpha value is -2.69. The molecule has 0 saturated heterocycles. The first-order valence-electron chi connectivity index (χ1n) is 7.45. The fraction of sp³-hybridized carbons (Fsp3) is 0.278. The lowest BCUT2D eigenvalue weighted by atomic mass is 10.1.